The van der Waals surface area contributed by atoms with Gasteiger partial charge in [-0.3, -0.25) is 0 Å². The largest absolute Gasteiger partial charge is 0.456 e. The second-order valence-corrected chi connectivity index (χ2v) is 4.98. The predicted molar refractivity (Wildman–Crippen MR) is 76.9 cm³/mol. The summed E-state index contributed by atoms with van der Waals surface area (Å²) in [6.07, 6.45) is 0. The molecule has 2 aromatic carbocycles. The van der Waals surface area contributed by atoms with Crippen LogP contribution >= 0.6 is 12.2 Å². The molecule has 1 aliphatic rings. The minimum atomic E-state index is -0.334. The second-order valence-electron chi connectivity index (χ2n) is 4.57. The molecular weight excluding hydrogens is 275 g/mol. The molecule has 0 saturated carbocycles. The maximum Gasteiger partial charge on any atom is 0.175 e. The molecule has 20 heavy (non-hydrogen) atoms. The number of hydrogen-bond acceptors (Lipinski definition) is 2. The first-order chi connectivity index (χ1) is 9.72. The molecule has 1 aromatic heterocycles. The van der Waals surface area contributed by atoms with Gasteiger partial charge in [-0.15, -0.1) is 0 Å². The molecule has 3 aromatic rings. The van der Waals surface area contributed by atoms with Gasteiger partial charge in [0.1, 0.15) is 17.3 Å². The smallest absolute Gasteiger partial charge is 0.175 e. The number of H-pyrrole nitrogens is 2. The highest BCUT2D eigenvalue weighted by Gasteiger charge is 2.22. The highest BCUT2D eigenvalue weighted by molar-refractivity contribution is 7.71. The summed E-state index contributed by atoms with van der Waals surface area (Å²) in [4.78, 5) is 6.24. The number of nitrogens with one attached hydrogen (secondary N) is 2. The van der Waals surface area contributed by atoms with Crippen molar-refractivity contribution in [2.24, 2.45) is 0 Å². The molecule has 0 spiro atoms. The van der Waals surface area contributed by atoms with Crippen LogP contribution in [0.3, 0.4) is 0 Å². The van der Waals surface area contributed by atoms with Crippen molar-refractivity contribution in [3.63, 3.8) is 0 Å². The third-order valence-corrected chi connectivity index (χ3v) is 3.52. The minimum Gasteiger partial charge on any atom is -0.456 e. The third-order valence-electron chi connectivity index (χ3n) is 3.32. The van der Waals surface area contributed by atoms with E-state index in [9.17, 15) is 4.39 Å². The van der Waals surface area contributed by atoms with Crippen LogP contribution in [0.5, 0.6) is 11.5 Å². The van der Waals surface area contributed by atoms with Gasteiger partial charge in [-0.05, 0) is 36.5 Å². The number of imidazole rings is 1. The number of benzene rings is 2. The number of ether oxygens (including phenoxy) is 1. The number of rotatable bonds is 0. The van der Waals surface area contributed by atoms with E-state index in [-0.39, 0.29) is 5.82 Å². The molecule has 3 nitrogen and oxygen atoms in total. The van der Waals surface area contributed by atoms with Crippen LogP contribution in [0.1, 0.15) is 0 Å². The van der Waals surface area contributed by atoms with Crippen molar-refractivity contribution in [3.05, 3.63) is 53.1 Å². The number of hydrogen-bond donors (Lipinski definition) is 2. The zero-order valence-corrected chi connectivity index (χ0v) is 11.1. The van der Waals surface area contributed by atoms with Crippen molar-refractivity contribution < 1.29 is 9.13 Å². The first kappa shape index (κ1) is 11.4. The molecule has 0 fully saturated rings. The number of aromatic amines is 2. The van der Waals surface area contributed by atoms with E-state index in [0.29, 0.717) is 16.3 Å². The van der Waals surface area contributed by atoms with Crippen LogP contribution in [-0.2, 0) is 0 Å². The highest BCUT2D eigenvalue weighted by Crippen LogP contribution is 2.44. The second kappa shape index (κ2) is 4.05. The number of para-hydroxylation sites is 1. The molecule has 2 heterocycles. The van der Waals surface area contributed by atoms with Crippen molar-refractivity contribution in [1.29, 1.82) is 0 Å². The van der Waals surface area contributed by atoms with Crippen molar-refractivity contribution in [2.75, 3.05) is 0 Å². The summed E-state index contributed by atoms with van der Waals surface area (Å²) in [5.74, 6) is 0.809. The predicted octanol–water partition coefficient (Wildman–Crippen LogP) is 4.65. The molecule has 0 unspecified atom stereocenters. The van der Waals surface area contributed by atoms with E-state index in [1.54, 1.807) is 6.07 Å². The quantitative estimate of drug-likeness (QED) is 0.461. The molecule has 0 bridgehead atoms. The maximum absolute atomic E-state index is 13.5. The molecule has 0 amide bonds. The van der Waals surface area contributed by atoms with Crippen molar-refractivity contribution in [3.8, 4) is 34.0 Å². The maximum atomic E-state index is 13.5. The Morgan fingerprint density at radius 3 is 2.40 bits per heavy atom. The van der Waals surface area contributed by atoms with Crippen LogP contribution in [0, 0.1) is 10.6 Å². The van der Waals surface area contributed by atoms with Gasteiger partial charge in [-0.1, -0.05) is 12.1 Å². The topological polar surface area (TPSA) is 40.8 Å². The lowest BCUT2D eigenvalue weighted by Crippen LogP contribution is -1.88. The summed E-state index contributed by atoms with van der Waals surface area (Å²) < 4.78 is 19.8. The van der Waals surface area contributed by atoms with E-state index in [0.717, 1.165) is 22.5 Å². The molecular formula is C15H9FN2OS. The van der Waals surface area contributed by atoms with E-state index in [1.807, 2.05) is 24.3 Å². The molecule has 0 radical (unpaired) electrons. The van der Waals surface area contributed by atoms with Crippen LogP contribution < -0.4 is 4.74 Å². The number of halogens is 1. The summed E-state index contributed by atoms with van der Waals surface area (Å²) in [6.45, 7) is 0. The Morgan fingerprint density at radius 2 is 1.60 bits per heavy atom. The fourth-order valence-electron chi connectivity index (χ4n) is 2.46. The van der Waals surface area contributed by atoms with E-state index in [1.165, 1.54) is 12.1 Å². The molecule has 0 atom stereocenters. The van der Waals surface area contributed by atoms with Crippen LogP contribution in [0.25, 0.3) is 22.5 Å². The lowest BCUT2D eigenvalue weighted by Gasteiger charge is -2.08. The zero-order valence-electron chi connectivity index (χ0n) is 10.2. The minimum absolute atomic E-state index is 0.334. The Kier molecular flexibility index (Phi) is 2.31. The zero-order chi connectivity index (χ0) is 13.7. The van der Waals surface area contributed by atoms with E-state index in [4.69, 9.17) is 17.0 Å². The van der Waals surface area contributed by atoms with Crippen molar-refractivity contribution >= 4 is 12.2 Å². The standard InChI is InChI=1S/C15H9FN2OS/c16-8-5-6-10-12(7-8)19-11-4-2-1-3-9(11)13-14(10)18-15(20)17-13/h1-7H,(H2,17,18,20). The number of aromatic nitrogens is 2. The van der Waals surface area contributed by atoms with Crippen LogP contribution in [0.15, 0.2) is 42.5 Å². The van der Waals surface area contributed by atoms with Crippen LogP contribution in [-0.4, -0.2) is 9.97 Å². The normalized spacial score (nSPS) is 11.8. The van der Waals surface area contributed by atoms with E-state index >= 15 is 0 Å². The average Bonchev–Trinajstić information content (AvgIpc) is 2.76. The van der Waals surface area contributed by atoms with Gasteiger partial charge in [-0.2, -0.15) is 0 Å². The Morgan fingerprint density at radius 1 is 0.900 bits per heavy atom. The molecule has 0 saturated heterocycles. The molecule has 5 heteroatoms. The summed E-state index contributed by atoms with van der Waals surface area (Å²) in [7, 11) is 0. The highest BCUT2D eigenvalue weighted by atomic mass is 32.1. The van der Waals surface area contributed by atoms with Crippen LogP contribution in [0.2, 0.25) is 0 Å². The van der Waals surface area contributed by atoms with Gasteiger partial charge in [0.15, 0.2) is 4.77 Å². The summed E-state index contributed by atoms with van der Waals surface area (Å²) in [6, 6.07) is 12.1. The van der Waals surface area contributed by atoms with E-state index in [2.05, 4.69) is 9.97 Å². The summed E-state index contributed by atoms with van der Waals surface area (Å²) in [5.41, 5.74) is 3.35. The molecule has 1 aliphatic heterocycles. The molecule has 0 aliphatic carbocycles. The lowest BCUT2D eigenvalue weighted by molar-refractivity contribution is 0.481. The molecule has 98 valence electrons. The Hall–Kier alpha value is -2.40. The van der Waals surface area contributed by atoms with Gasteiger partial charge < -0.3 is 14.7 Å². The van der Waals surface area contributed by atoms with Gasteiger partial charge in [0.25, 0.3) is 0 Å². The lowest BCUT2D eigenvalue weighted by atomic mass is 10.1. The third kappa shape index (κ3) is 1.60. The SMILES string of the molecule is Fc1ccc2c(c1)Oc1ccccc1-c1[nH]c(=S)[nH]c1-2. The Balaban J connectivity index is 2.13. The Bertz CT molecular complexity index is 882. The van der Waals surface area contributed by atoms with Gasteiger partial charge in [0.2, 0.25) is 0 Å². The monoisotopic (exact) mass is 284 g/mol. The van der Waals surface area contributed by atoms with Gasteiger partial charge in [0, 0.05) is 17.2 Å². The van der Waals surface area contributed by atoms with Gasteiger partial charge in [0.05, 0.1) is 11.4 Å². The first-order valence-electron chi connectivity index (χ1n) is 6.12. The average molecular weight is 284 g/mol. The van der Waals surface area contributed by atoms with Gasteiger partial charge >= 0.3 is 0 Å². The summed E-state index contributed by atoms with van der Waals surface area (Å²) >= 11 is 5.18. The molecule has 4 rings (SSSR count). The van der Waals surface area contributed by atoms with E-state index < -0.39 is 0 Å². The van der Waals surface area contributed by atoms with Crippen LogP contribution in [0.4, 0.5) is 4.39 Å². The summed E-state index contributed by atoms with van der Waals surface area (Å²) in [5, 5.41) is 0. The van der Waals surface area contributed by atoms with Gasteiger partial charge in [-0.25, -0.2) is 4.39 Å². The first-order valence-corrected chi connectivity index (χ1v) is 6.52. The van der Waals surface area contributed by atoms with Crippen molar-refractivity contribution in [1.82, 2.24) is 9.97 Å². The van der Waals surface area contributed by atoms with Crippen molar-refractivity contribution in [2.45, 2.75) is 0 Å². The fourth-order valence-corrected chi connectivity index (χ4v) is 2.66. The Labute approximate surface area is 119 Å². The fraction of sp³-hybridized carbons (Fsp3) is 0. The molecule has 2 N–H and O–H groups in total. The number of fused-ring (bicyclic) bond motifs is 5.